The van der Waals surface area contributed by atoms with Crippen LogP contribution in [0.5, 0.6) is 11.5 Å². The summed E-state index contributed by atoms with van der Waals surface area (Å²) in [6.45, 7) is 8.54. The van der Waals surface area contributed by atoms with Crippen LogP contribution < -0.4 is 9.47 Å². The Hall–Kier alpha value is -2.99. The molecule has 1 N–H and O–H groups in total. The second-order valence-electron chi connectivity index (χ2n) is 8.16. The quantitative estimate of drug-likeness (QED) is 0.286. The minimum Gasteiger partial charge on any atom is -0.507 e. The molecule has 3 rings (SSSR count). The highest BCUT2D eigenvalue weighted by molar-refractivity contribution is 6.47. The number of ether oxygens (including phenoxy) is 2. The van der Waals surface area contributed by atoms with E-state index in [1.165, 1.54) is 4.90 Å². The Morgan fingerprint density at radius 3 is 2.55 bits per heavy atom. The van der Waals surface area contributed by atoms with Gasteiger partial charge in [0.15, 0.2) is 0 Å². The number of ketones is 1. The number of carbonyl (C=O) groups excluding carboxylic acids is 2. The molecule has 0 bridgehead atoms. The number of amides is 1. The van der Waals surface area contributed by atoms with E-state index in [1.807, 2.05) is 45.9 Å². The maximum Gasteiger partial charge on any atom is 0.295 e. The summed E-state index contributed by atoms with van der Waals surface area (Å²) in [6, 6.07) is 11.4. The predicted octanol–water partition coefficient (Wildman–Crippen LogP) is 5.75. The Bertz CT molecular complexity index is 1060. The van der Waals surface area contributed by atoms with Crippen LogP contribution in [0.3, 0.4) is 0 Å². The number of Topliss-reactive ketones (excluding diaryl/α,β-unsaturated/α-hetero) is 1. The van der Waals surface area contributed by atoms with Gasteiger partial charge in [-0.3, -0.25) is 9.59 Å². The smallest absolute Gasteiger partial charge is 0.295 e. The van der Waals surface area contributed by atoms with Crippen molar-refractivity contribution in [3.8, 4) is 11.5 Å². The Morgan fingerprint density at radius 2 is 1.88 bits per heavy atom. The van der Waals surface area contributed by atoms with Crippen LogP contribution in [0.2, 0.25) is 5.02 Å². The molecule has 0 radical (unpaired) electrons. The van der Waals surface area contributed by atoms with E-state index in [0.29, 0.717) is 30.2 Å². The van der Waals surface area contributed by atoms with Crippen LogP contribution in [0, 0.1) is 0 Å². The maximum absolute atomic E-state index is 13.1. The van der Waals surface area contributed by atoms with E-state index >= 15 is 0 Å². The van der Waals surface area contributed by atoms with E-state index in [1.54, 1.807) is 24.3 Å². The molecule has 2 aromatic carbocycles. The number of halogens is 1. The monoisotopic (exact) mass is 471 g/mol. The lowest BCUT2D eigenvalue weighted by Crippen LogP contribution is -2.30. The van der Waals surface area contributed by atoms with Crippen LogP contribution in [-0.2, 0) is 9.59 Å². The highest BCUT2D eigenvalue weighted by atomic mass is 35.5. The molecule has 2 aromatic rings. The van der Waals surface area contributed by atoms with Gasteiger partial charge in [-0.05, 0) is 63.1 Å². The maximum atomic E-state index is 13.1. The molecular formula is C26H30ClNO5. The third-order valence-corrected chi connectivity index (χ3v) is 5.67. The minimum absolute atomic E-state index is 0.00773. The molecule has 7 heteroatoms. The van der Waals surface area contributed by atoms with E-state index in [9.17, 15) is 14.7 Å². The molecule has 1 aliphatic heterocycles. The molecule has 1 aliphatic rings. The van der Waals surface area contributed by atoms with Crippen LogP contribution in [0.1, 0.15) is 57.7 Å². The van der Waals surface area contributed by atoms with Gasteiger partial charge in [0.05, 0.1) is 29.3 Å². The number of rotatable bonds is 9. The number of nitrogens with zero attached hydrogens (tertiary/aromatic N) is 1. The molecule has 6 nitrogen and oxygen atoms in total. The number of aliphatic hydroxyl groups excluding tert-OH is 1. The highest BCUT2D eigenvalue weighted by Gasteiger charge is 2.46. The molecule has 0 aromatic heterocycles. The van der Waals surface area contributed by atoms with Gasteiger partial charge in [-0.15, -0.1) is 0 Å². The molecule has 1 heterocycles. The second-order valence-corrected chi connectivity index (χ2v) is 8.57. The van der Waals surface area contributed by atoms with Gasteiger partial charge in [-0.1, -0.05) is 37.1 Å². The molecule has 0 aliphatic carbocycles. The van der Waals surface area contributed by atoms with Gasteiger partial charge in [0.1, 0.15) is 17.3 Å². The number of unbranched alkanes of at least 4 members (excludes halogenated alkanes) is 1. The van der Waals surface area contributed by atoms with E-state index < -0.39 is 17.7 Å². The fraction of sp³-hybridized carbons (Fsp3) is 0.385. The van der Waals surface area contributed by atoms with Crippen LogP contribution in [0.25, 0.3) is 5.76 Å². The molecule has 0 saturated carbocycles. The third kappa shape index (κ3) is 5.33. The molecule has 1 fully saturated rings. The number of aliphatic hydroxyl groups is 1. The van der Waals surface area contributed by atoms with Gasteiger partial charge < -0.3 is 19.5 Å². The predicted molar refractivity (Wildman–Crippen MR) is 129 cm³/mol. The first-order chi connectivity index (χ1) is 15.8. The number of carbonyl (C=O) groups is 2. The van der Waals surface area contributed by atoms with Crippen molar-refractivity contribution < 1.29 is 24.2 Å². The third-order valence-electron chi connectivity index (χ3n) is 5.34. The van der Waals surface area contributed by atoms with Crippen molar-refractivity contribution in [1.82, 2.24) is 4.90 Å². The normalized spacial score (nSPS) is 17.6. The standard InChI is InChI=1S/C26H30ClNO5/c1-5-7-13-28-23(17-9-8-10-19(14-17)33-16(3)4)22(25(30)26(28)31)24(29)20-15-18(32-6-2)11-12-21(20)27/h8-12,14-16,23,29H,5-7,13H2,1-4H3/b24-22+. The van der Waals surface area contributed by atoms with Gasteiger partial charge >= 0.3 is 0 Å². The first kappa shape index (κ1) is 24.6. The van der Waals surface area contributed by atoms with Gasteiger partial charge in [0.25, 0.3) is 11.7 Å². The van der Waals surface area contributed by atoms with Crippen molar-refractivity contribution in [2.24, 2.45) is 0 Å². The SMILES string of the molecule is CCCCN1C(=O)C(=O)/C(=C(/O)c2cc(OCC)ccc2Cl)C1c1cccc(OC(C)C)c1. The fourth-order valence-corrected chi connectivity index (χ4v) is 4.11. The largest absolute Gasteiger partial charge is 0.507 e. The molecule has 33 heavy (non-hydrogen) atoms. The number of likely N-dealkylation sites (tertiary alicyclic amines) is 1. The molecule has 1 saturated heterocycles. The summed E-state index contributed by atoms with van der Waals surface area (Å²) >= 11 is 6.37. The van der Waals surface area contributed by atoms with Crippen molar-refractivity contribution in [2.45, 2.75) is 52.7 Å². The summed E-state index contributed by atoms with van der Waals surface area (Å²) in [5.74, 6) is -0.560. The summed E-state index contributed by atoms with van der Waals surface area (Å²) in [7, 11) is 0. The molecule has 1 amide bonds. The van der Waals surface area contributed by atoms with Crippen molar-refractivity contribution in [1.29, 1.82) is 0 Å². The summed E-state index contributed by atoms with van der Waals surface area (Å²) < 4.78 is 11.4. The lowest BCUT2D eigenvalue weighted by molar-refractivity contribution is -0.139. The topological polar surface area (TPSA) is 76.1 Å². The van der Waals surface area contributed by atoms with Gasteiger partial charge in [0, 0.05) is 12.1 Å². The average Bonchev–Trinajstić information content (AvgIpc) is 3.03. The summed E-state index contributed by atoms with van der Waals surface area (Å²) in [6.07, 6.45) is 1.55. The Morgan fingerprint density at radius 1 is 1.12 bits per heavy atom. The molecular weight excluding hydrogens is 442 g/mol. The second kappa shape index (κ2) is 10.8. The Balaban J connectivity index is 2.18. The summed E-state index contributed by atoms with van der Waals surface area (Å²) in [4.78, 5) is 27.7. The molecule has 176 valence electrons. The van der Waals surface area contributed by atoms with Gasteiger partial charge in [-0.25, -0.2) is 0 Å². The summed E-state index contributed by atoms with van der Waals surface area (Å²) in [5, 5.41) is 11.5. The minimum atomic E-state index is -0.751. The number of benzene rings is 2. The fourth-order valence-electron chi connectivity index (χ4n) is 3.90. The molecule has 0 spiro atoms. The van der Waals surface area contributed by atoms with Crippen molar-refractivity contribution >= 4 is 29.1 Å². The number of hydrogen-bond donors (Lipinski definition) is 1. The van der Waals surface area contributed by atoms with Crippen LogP contribution in [0.15, 0.2) is 48.0 Å². The van der Waals surface area contributed by atoms with E-state index in [4.69, 9.17) is 21.1 Å². The first-order valence-electron chi connectivity index (χ1n) is 11.3. The van der Waals surface area contributed by atoms with E-state index in [2.05, 4.69) is 0 Å². The van der Waals surface area contributed by atoms with Crippen molar-refractivity contribution in [3.63, 3.8) is 0 Å². The first-order valence-corrected chi connectivity index (χ1v) is 11.6. The summed E-state index contributed by atoms with van der Waals surface area (Å²) in [5.41, 5.74) is 0.936. The van der Waals surface area contributed by atoms with Crippen LogP contribution in [-0.4, -0.2) is 41.0 Å². The Labute approximate surface area is 199 Å². The lowest BCUT2D eigenvalue weighted by atomic mass is 9.95. The Kier molecular flexibility index (Phi) is 8.03. The van der Waals surface area contributed by atoms with E-state index in [0.717, 1.165) is 12.8 Å². The van der Waals surface area contributed by atoms with Crippen LogP contribution in [0.4, 0.5) is 0 Å². The zero-order chi connectivity index (χ0) is 24.1. The highest BCUT2D eigenvalue weighted by Crippen LogP contribution is 2.42. The lowest BCUT2D eigenvalue weighted by Gasteiger charge is -2.26. The van der Waals surface area contributed by atoms with Gasteiger partial charge in [0.2, 0.25) is 0 Å². The number of hydrogen-bond acceptors (Lipinski definition) is 5. The van der Waals surface area contributed by atoms with Gasteiger partial charge in [-0.2, -0.15) is 0 Å². The zero-order valence-corrected chi connectivity index (χ0v) is 20.2. The molecule has 1 atom stereocenters. The molecule has 1 unspecified atom stereocenters. The zero-order valence-electron chi connectivity index (χ0n) is 19.4. The average molecular weight is 472 g/mol. The van der Waals surface area contributed by atoms with Crippen molar-refractivity contribution in [2.75, 3.05) is 13.2 Å². The van der Waals surface area contributed by atoms with Crippen LogP contribution >= 0.6 is 11.6 Å². The van der Waals surface area contributed by atoms with E-state index in [-0.39, 0.29) is 28.0 Å². The van der Waals surface area contributed by atoms with Crippen molar-refractivity contribution in [3.05, 3.63) is 64.2 Å².